The first-order valence-electron chi connectivity index (χ1n) is 5.78. The molecule has 2 rings (SSSR count). The van der Waals surface area contributed by atoms with E-state index in [4.69, 9.17) is 21.4 Å². The number of benzene rings is 1. The molecule has 1 N–H and O–H groups in total. The average Bonchev–Trinajstić information content (AvgIpc) is 2.79. The van der Waals surface area contributed by atoms with Crippen LogP contribution in [0.25, 0.3) is 0 Å². The van der Waals surface area contributed by atoms with Gasteiger partial charge in [0.25, 0.3) is 5.69 Å². The second kappa shape index (κ2) is 6.11. The van der Waals surface area contributed by atoms with Gasteiger partial charge in [0.15, 0.2) is 0 Å². The first kappa shape index (κ1) is 15.3. The Balaban J connectivity index is 2.18. The summed E-state index contributed by atoms with van der Waals surface area (Å²) in [5.74, 6) is -0.809. The number of rotatable bonds is 5. The second-order valence-corrected chi connectivity index (χ2v) is 5.82. The van der Waals surface area contributed by atoms with Crippen molar-refractivity contribution < 1.29 is 19.6 Å². The van der Waals surface area contributed by atoms with Crippen LogP contribution in [0.1, 0.15) is 20.1 Å². The van der Waals surface area contributed by atoms with E-state index in [1.807, 2.05) is 0 Å². The van der Waals surface area contributed by atoms with Gasteiger partial charge in [-0.3, -0.25) is 10.1 Å². The lowest BCUT2D eigenvalue weighted by molar-refractivity contribution is -0.384. The minimum atomic E-state index is -0.997. The molecule has 0 aliphatic heterocycles. The lowest BCUT2D eigenvalue weighted by Crippen LogP contribution is -1.97. The minimum Gasteiger partial charge on any atom is -0.487 e. The number of carboxylic acids is 1. The van der Waals surface area contributed by atoms with Gasteiger partial charge in [0.2, 0.25) is 0 Å². The molecule has 0 aliphatic rings. The highest BCUT2D eigenvalue weighted by Gasteiger charge is 2.14. The van der Waals surface area contributed by atoms with Gasteiger partial charge in [-0.15, -0.1) is 11.3 Å². The summed E-state index contributed by atoms with van der Waals surface area (Å²) in [5, 5.41) is 19.9. The molecule has 0 atom stereocenters. The summed E-state index contributed by atoms with van der Waals surface area (Å²) in [6.45, 7) is 1.88. The zero-order valence-corrected chi connectivity index (χ0v) is 12.4. The number of aromatic carboxylic acids is 1. The van der Waals surface area contributed by atoms with Crippen LogP contribution >= 0.6 is 22.9 Å². The first-order chi connectivity index (χ1) is 9.88. The molecule has 0 radical (unpaired) electrons. The van der Waals surface area contributed by atoms with Gasteiger partial charge >= 0.3 is 5.97 Å². The Morgan fingerprint density at radius 1 is 1.48 bits per heavy atom. The van der Waals surface area contributed by atoms with Crippen molar-refractivity contribution in [2.24, 2.45) is 0 Å². The monoisotopic (exact) mass is 327 g/mol. The normalized spacial score (nSPS) is 10.4. The quantitative estimate of drug-likeness (QED) is 0.664. The molecule has 0 bridgehead atoms. The van der Waals surface area contributed by atoms with E-state index in [9.17, 15) is 14.9 Å². The molecule has 0 saturated carbocycles. The van der Waals surface area contributed by atoms with E-state index in [-0.39, 0.29) is 27.9 Å². The van der Waals surface area contributed by atoms with Crippen LogP contribution in [0.15, 0.2) is 24.3 Å². The Hall–Kier alpha value is -2.12. The predicted molar refractivity (Wildman–Crippen MR) is 78.5 cm³/mol. The maximum Gasteiger partial charge on any atom is 0.345 e. The van der Waals surface area contributed by atoms with E-state index in [1.165, 1.54) is 24.3 Å². The summed E-state index contributed by atoms with van der Waals surface area (Å²) in [6, 6.07) is 5.43. The zero-order valence-electron chi connectivity index (χ0n) is 10.8. The molecule has 1 aromatic carbocycles. The third kappa shape index (κ3) is 3.50. The smallest absolute Gasteiger partial charge is 0.345 e. The van der Waals surface area contributed by atoms with Crippen molar-refractivity contribution in [3.63, 3.8) is 0 Å². The summed E-state index contributed by atoms with van der Waals surface area (Å²) >= 11 is 7.07. The fourth-order valence-electron chi connectivity index (χ4n) is 1.64. The molecule has 6 nitrogen and oxygen atoms in total. The van der Waals surface area contributed by atoms with Crippen LogP contribution in [0.5, 0.6) is 5.75 Å². The minimum absolute atomic E-state index is 0.0938. The summed E-state index contributed by atoms with van der Waals surface area (Å²) in [7, 11) is 0. The van der Waals surface area contributed by atoms with Crippen LogP contribution in [-0.2, 0) is 6.61 Å². The molecule has 0 fully saturated rings. The molecular formula is C13H10ClNO5S. The number of halogens is 1. The summed E-state index contributed by atoms with van der Waals surface area (Å²) in [5.41, 5.74) is 0.586. The highest BCUT2D eigenvalue weighted by atomic mass is 35.5. The van der Waals surface area contributed by atoms with Crippen LogP contribution in [0, 0.1) is 17.0 Å². The summed E-state index contributed by atoms with van der Waals surface area (Å²) in [6.07, 6.45) is 0. The Morgan fingerprint density at radius 2 is 2.19 bits per heavy atom. The first-order valence-corrected chi connectivity index (χ1v) is 6.97. The fraction of sp³-hybridized carbons (Fsp3) is 0.154. The van der Waals surface area contributed by atoms with Gasteiger partial charge in [-0.2, -0.15) is 0 Å². The number of ether oxygens (including phenoxy) is 1. The molecule has 2 aromatic rings. The lowest BCUT2D eigenvalue weighted by Gasteiger charge is -2.07. The largest absolute Gasteiger partial charge is 0.487 e. The molecule has 0 aliphatic carbocycles. The van der Waals surface area contributed by atoms with Crippen molar-refractivity contribution in [1.82, 2.24) is 0 Å². The number of hydrogen-bond donors (Lipinski definition) is 1. The van der Waals surface area contributed by atoms with Crippen molar-refractivity contribution >= 4 is 34.6 Å². The highest BCUT2D eigenvalue weighted by molar-refractivity contribution is 7.14. The highest BCUT2D eigenvalue weighted by Crippen LogP contribution is 2.30. The molecule has 0 saturated heterocycles. The van der Waals surface area contributed by atoms with Crippen molar-refractivity contribution in [3.8, 4) is 5.75 Å². The Bertz CT molecular complexity index is 713. The van der Waals surface area contributed by atoms with Gasteiger partial charge < -0.3 is 9.84 Å². The van der Waals surface area contributed by atoms with E-state index >= 15 is 0 Å². The summed E-state index contributed by atoms with van der Waals surface area (Å²) in [4.78, 5) is 22.1. The fourth-order valence-corrected chi connectivity index (χ4v) is 2.68. The number of carboxylic acid groups (broad SMARTS) is 1. The number of nitro groups is 1. The van der Waals surface area contributed by atoms with Crippen LogP contribution in [-0.4, -0.2) is 16.0 Å². The van der Waals surface area contributed by atoms with Gasteiger partial charge in [-0.1, -0.05) is 11.6 Å². The molecule has 21 heavy (non-hydrogen) atoms. The molecule has 8 heteroatoms. The zero-order chi connectivity index (χ0) is 15.6. The Kier molecular flexibility index (Phi) is 4.44. The standard InChI is InChI=1S/C13H10ClNO5S/c1-7-8(4-12(21-7)13(16)17)6-20-11-5-9(15(18)19)2-3-10(11)14/h2-5H,6H2,1H3,(H,16,17). The second-order valence-electron chi connectivity index (χ2n) is 4.16. The maximum absolute atomic E-state index is 10.9. The van der Waals surface area contributed by atoms with Crippen molar-refractivity contribution in [2.45, 2.75) is 13.5 Å². The average molecular weight is 328 g/mol. The molecule has 0 amide bonds. The van der Waals surface area contributed by atoms with Gasteiger partial charge in [-0.25, -0.2) is 4.79 Å². The van der Waals surface area contributed by atoms with Crippen LogP contribution in [0.2, 0.25) is 5.02 Å². The topological polar surface area (TPSA) is 89.7 Å². The number of nitro benzene ring substituents is 1. The number of nitrogens with zero attached hydrogens (tertiary/aromatic N) is 1. The number of aryl methyl sites for hydroxylation is 1. The van der Waals surface area contributed by atoms with Gasteiger partial charge in [-0.05, 0) is 19.1 Å². The van der Waals surface area contributed by atoms with E-state index in [2.05, 4.69) is 0 Å². The molecule has 1 aromatic heterocycles. The van der Waals surface area contributed by atoms with Crippen molar-refractivity contribution in [3.05, 3.63) is 54.7 Å². The summed E-state index contributed by atoms with van der Waals surface area (Å²) < 4.78 is 5.46. The van der Waals surface area contributed by atoms with Gasteiger partial charge in [0, 0.05) is 16.5 Å². The van der Waals surface area contributed by atoms with Crippen LogP contribution in [0.4, 0.5) is 5.69 Å². The van der Waals surface area contributed by atoms with Crippen LogP contribution in [0.3, 0.4) is 0 Å². The van der Waals surface area contributed by atoms with E-state index in [0.717, 1.165) is 16.2 Å². The molecule has 1 heterocycles. The van der Waals surface area contributed by atoms with Crippen molar-refractivity contribution in [1.29, 1.82) is 0 Å². The number of carbonyl (C=O) groups is 1. The molecule has 110 valence electrons. The maximum atomic E-state index is 10.9. The van der Waals surface area contributed by atoms with Crippen LogP contribution < -0.4 is 4.74 Å². The predicted octanol–water partition coefficient (Wildman–Crippen LogP) is 3.90. The number of thiophene rings is 1. The Morgan fingerprint density at radius 3 is 2.76 bits per heavy atom. The number of non-ortho nitro benzene ring substituents is 1. The molecule has 0 unspecified atom stereocenters. The Labute approximate surface area is 128 Å². The third-order valence-corrected chi connectivity index (χ3v) is 4.13. The lowest BCUT2D eigenvalue weighted by atomic mass is 10.2. The third-order valence-electron chi connectivity index (χ3n) is 2.74. The van der Waals surface area contributed by atoms with E-state index < -0.39 is 10.9 Å². The molecule has 0 spiro atoms. The number of hydrogen-bond acceptors (Lipinski definition) is 5. The van der Waals surface area contributed by atoms with Crippen molar-refractivity contribution in [2.75, 3.05) is 0 Å². The SMILES string of the molecule is Cc1sc(C(=O)O)cc1COc1cc([N+](=O)[O-])ccc1Cl. The van der Waals surface area contributed by atoms with E-state index in [0.29, 0.717) is 5.56 Å². The molecular weight excluding hydrogens is 318 g/mol. The van der Waals surface area contributed by atoms with Gasteiger partial charge in [0.05, 0.1) is 16.0 Å². The van der Waals surface area contributed by atoms with Gasteiger partial charge in [0.1, 0.15) is 17.2 Å². The van der Waals surface area contributed by atoms with E-state index in [1.54, 1.807) is 6.92 Å².